The fourth-order valence-electron chi connectivity index (χ4n) is 26.8. The topological polar surface area (TPSA) is 421 Å². The molecule has 0 N–H and O–H groups in total. The maximum atomic E-state index is 12.8. The lowest BCUT2D eigenvalue weighted by atomic mass is 9.47. The van der Waals surface area contributed by atoms with E-state index in [1.54, 1.807) is 34.6 Å². The highest BCUT2D eigenvalue weighted by atomic mass is 32.2. The molecule has 14 aliphatic carbocycles. The molecule has 8 heterocycles. The van der Waals surface area contributed by atoms with Gasteiger partial charge >= 0.3 is 71.6 Å². The third-order valence-corrected chi connectivity index (χ3v) is 39.9. The number of hydrogen-bond acceptors (Lipinski definition) is 32. The van der Waals surface area contributed by atoms with E-state index in [2.05, 4.69) is 67.9 Å². The Morgan fingerprint density at radius 3 is 1.04 bits per heavy atom. The Balaban J connectivity index is 0.000000173. The molecule has 34 heteroatoms. The summed E-state index contributed by atoms with van der Waals surface area (Å²) in [7, 11) is -7.05. The number of fused-ring (bicyclic) bond motifs is 4. The Kier molecular flexibility index (Phi) is 38.5. The molecule has 8 saturated heterocycles. The van der Waals surface area contributed by atoms with Crippen LogP contribution in [0.5, 0.6) is 0 Å². The van der Waals surface area contributed by atoms with Crippen molar-refractivity contribution in [1.82, 2.24) is 0 Å². The highest BCUT2D eigenvalue weighted by Crippen LogP contribution is 2.65. The molecule has 14 saturated carbocycles. The van der Waals surface area contributed by atoms with Crippen LogP contribution >= 0.6 is 0 Å². The van der Waals surface area contributed by atoms with Gasteiger partial charge in [0, 0.05) is 46.0 Å². The van der Waals surface area contributed by atoms with Gasteiger partial charge < -0.3 is 66.3 Å². The van der Waals surface area contributed by atoms with Gasteiger partial charge in [-0.15, -0.1) is 0 Å². The largest absolute Gasteiger partial charge is 0.459 e. The van der Waals surface area contributed by atoms with E-state index in [1.807, 2.05) is 69.2 Å². The zero-order chi connectivity index (χ0) is 106. The van der Waals surface area contributed by atoms with Gasteiger partial charge in [-0.3, -0.25) is 37.1 Å². The second-order valence-corrected chi connectivity index (χ2v) is 52.7. The van der Waals surface area contributed by atoms with Gasteiger partial charge in [-0.05, 0) is 336 Å². The van der Waals surface area contributed by atoms with Crippen LogP contribution in [0.3, 0.4) is 0 Å². The van der Waals surface area contributed by atoms with Crippen LogP contribution in [0.15, 0.2) is 48.6 Å². The highest BCUT2D eigenvalue weighted by molar-refractivity contribution is 7.88. The summed E-state index contributed by atoms with van der Waals surface area (Å²) in [6.07, 6.45) is 23.7. The van der Waals surface area contributed by atoms with Crippen molar-refractivity contribution in [2.75, 3.05) is 13.2 Å². The van der Waals surface area contributed by atoms with E-state index < -0.39 is 133 Å². The molecular weight excluding hydrogens is 1930 g/mol. The lowest BCUT2D eigenvalue weighted by Gasteiger charge is -2.62. The van der Waals surface area contributed by atoms with Crippen LogP contribution in [-0.4, -0.2) is 208 Å². The monoisotopic (exact) mass is 2110 g/mol. The van der Waals surface area contributed by atoms with Gasteiger partial charge in [0.25, 0.3) is 20.2 Å². The van der Waals surface area contributed by atoms with Crippen molar-refractivity contribution in [1.29, 1.82) is 0 Å². The Labute approximate surface area is 874 Å². The van der Waals surface area contributed by atoms with Crippen LogP contribution in [-0.2, 0) is 152 Å². The second-order valence-electron chi connectivity index (χ2n) is 49.1. The highest BCUT2D eigenvalue weighted by Gasteiger charge is 2.71. The lowest BCUT2D eigenvalue weighted by molar-refractivity contribution is -0.231. The number of carbonyl (C=O) groups is 12. The quantitative estimate of drug-likeness (QED) is 0.0336. The predicted molar refractivity (Wildman–Crippen MR) is 545 cm³/mol. The smallest absolute Gasteiger partial charge is 0.344 e. The van der Waals surface area contributed by atoms with Gasteiger partial charge in [-0.25, -0.2) is 28.8 Å². The van der Waals surface area contributed by atoms with Crippen molar-refractivity contribution in [2.24, 2.45) is 116 Å². The van der Waals surface area contributed by atoms with Gasteiger partial charge in [0.1, 0.15) is 59.0 Å². The number of ether oxygens (including phenoxy) is 14. The number of rotatable bonds is 26. The molecule has 0 aromatic heterocycles. The zero-order valence-corrected chi connectivity index (χ0v) is 90.9. The van der Waals surface area contributed by atoms with E-state index in [0.29, 0.717) is 104 Å². The van der Waals surface area contributed by atoms with Gasteiger partial charge in [-0.2, -0.15) is 16.8 Å². The summed E-state index contributed by atoms with van der Waals surface area (Å²) in [5.74, 6) is 2.37. The molecule has 832 valence electrons. The van der Waals surface area contributed by atoms with Crippen LogP contribution in [0.2, 0.25) is 0 Å². The minimum Gasteiger partial charge on any atom is -0.459 e. The van der Waals surface area contributed by atoms with E-state index >= 15 is 0 Å². The first kappa shape index (κ1) is 121. The van der Waals surface area contributed by atoms with Gasteiger partial charge in [0.15, 0.2) is 37.6 Å². The third kappa shape index (κ3) is 25.4. The molecule has 22 rings (SSSR count). The second kappa shape index (κ2) is 46.7. The van der Waals surface area contributed by atoms with E-state index in [1.165, 1.54) is 96.8 Å². The lowest BCUT2D eigenvalue weighted by Crippen LogP contribution is -2.63. The van der Waals surface area contributed by atoms with Crippen molar-refractivity contribution < 1.29 is 149 Å². The van der Waals surface area contributed by atoms with Crippen molar-refractivity contribution in [2.45, 2.75) is 461 Å². The molecule has 0 spiro atoms. The fourth-order valence-corrected chi connectivity index (χ4v) is 30.6. The average Bonchev–Trinajstić information content (AvgIpc) is 1.31. The Morgan fingerprint density at radius 2 is 0.687 bits per heavy atom. The summed E-state index contributed by atoms with van der Waals surface area (Å²) in [5, 5.41) is -0.903. The van der Waals surface area contributed by atoms with E-state index in [-0.39, 0.29) is 163 Å². The molecule has 8 aliphatic heterocycles. The maximum absolute atomic E-state index is 12.8. The van der Waals surface area contributed by atoms with Crippen LogP contribution in [0, 0.1) is 116 Å². The molecule has 0 aromatic carbocycles. The molecule has 20 unspecified atom stereocenters. The van der Waals surface area contributed by atoms with Gasteiger partial charge in [-0.1, -0.05) is 104 Å². The summed E-state index contributed by atoms with van der Waals surface area (Å²) in [6, 6.07) is 0. The first-order valence-corrected chi connectivity index (χ1v) is 56.3. The molecular formula is C113H176O32S2. The standard InChI is InChI=1S/C19H32O2.C17H26O2.C15H22O7S.C13H16O7S.C13H18O5.C12H22O2.C11H12O5.C10H16O2.3CH4/c1-6-18(4,5)17(20)21-19(12(2)3)15-8-13-7-14(10-15)11-16(19)9-13;1-10(2)16(18)19-17(11(3)4)14-6-12-5-13(8-14)9-15(17)7-12;1-4-15(2,3)14(17)20-7-11(16)21-12-8-5-9-10(6-8)23(18,19)22-13(9)12;1-6(2)13(15)18-5-10(14)19-11-7-3-8-9(4-7)21(16,17)20-12(8)11;1-4-13(2,3)12(15)18-9-7-5-6-8(16-7)10(9)17-11(6)14;1-5-11(2,3)10(13)14-12(4)8-6-7-9-12;1-4(2)10(12)15-8-6-3-5-7(14-6)9(8)16-11(5)13;1-8(2)9(11)12-10(3)6-4-5-7-10;;;/h12-16H,6-11H2,1-5H3;11-15H,1,5-9H2,2-4H3;8-10,12-13H,4-7H2,1-3H3;7-9,11-12H,1,3-5H2,2H3;6-10H,4-5H2,1-3H3;5-9H2,1-4H3;5-9H,1,3H2,2H3;1,4-7H2,2-3H3;3*1H4. The normalized spacial score (nSPS) is 36.2. The molecule has 0 aromatic rings. The number of carbonyl (C=O) groups excluding carboxylic acids is 12. The summed E-state index contributed by atoms with van der Waals surface area (Å²) < 4.78 is 134. The van der Waals surface area contributed by atoms with Crippen LogP contribution in [0.4, 0.5) is 0 Å². The van der Waals surface area contributed by atoms with Crippen molar-refractivity contribution in [3.05, 3.63) is 48.6 Å². The van der Waals surface area contributed by atoms with Gasteiger partial charge in [0.05, 0.1) is 56.2 Å². The fraction of sp³-hybridized carbons (Fsp3) is 0.823. The molecule has 147 heavy (non-hydrogen) atoms. The zero-order valence-electron chi connectivity index (χ0n) is 89.2. The number of hydrogen-bond donors (Lipinski definition) is 0. The molecule has 0 amide bonds. The summed E-state index contributed by atoms with van der Waals surface area (Å²) in [6.45, 7) is 55.9. The molecule has 22 fully saturated rings. The summed E-state index contributed by atoms with van der Waals surface area (Å²) in [5.41, 5.74) is -1.05. The molecule has 16 bridgehead atoms. The maximum Gasteiger partial charge on any atom is 0.344 e. The summed E-state index contributed by atoms with van der Waals surface area (Å²) >= 11 is 0. The third-order valence-electron chi connectivity index (χ3n) is 36.4. The molecule has 20 atom stereocenters. The Hall–Kier alpha value is -7.66. The molecule has 32 nitrogen and oxygen atoms in total. The Morgan fingerprint density at radius 1 is 0.367 bits per heavy atom. The number of esters is 12. The van der Waals surface area contributed by atoms with E-state index in [4.69, 9.17) is 74.7 Å². The summed E-state index contributed by atoms with van der Waals surface area (Å²) in [4.78, 5) is 141. The average molecular weight is 2110 g/mol. The Bertz CT molecular complexity index is 5040. The first-order chi connectivity index (χ1) is 67.1. The van der Waals surface area contributed by atoms with Crippen molar-refractivity contribution >= 4 is 91.9 Å². The van der Waals surface area contributed by atoms with Gasteiger partial charge in [0.2, 0.25) is 0 Å². The van der Waals surface area contributed by atoms with E-state index in [9.17, 15) is 74.4 Å². The minimum absolute atomic E-state index is 0. The van der Waals surface area contributed by atoms with Crippen LogP contribution < -0.4 is 0 Å². The predicted octanol–water partition coefficient (Wildman–Crippen LogP) is 18.8. The van der Waals surface area contributed by atoms with Crippen LogP contribution in [0.25, 0.3) is 0 Å². The molecule has 0 radical (unpaired) electrons. The van der Waals surface area contributed by atoms with Crippen molar-refractivity contribution in [3.63, 3.8) is 0 Å². The minimum atomic E-state index is -3.53. The van der Waals surface area contributed by atoms with E-state index in [0.717, 1.165) is 62.2 Å². The first-order valence-electron chi connectivity index (χ1n) is 53.4. The SMILES string of the molecule is C.C.C.C=C(C)C(=O)OC1(C(C)C)C2CC3CC(C2)CC1C3.C=C(C)C(=O)OC1(C)CCCC1.C=C(C)C(=O)OC1C2CC3C(=O)OC1C3O2.C=C(C)C(=O)OCC(=O)OC1C2CC3C1OS(=O)(=O)C3C2.CCC(C)(C)C(=O)OC1(C(C)C)C2CC3CC(C2)CC1C3.CCC(C)(C)C(=O)OC1(C)CCCC1.CCC(C)(C)C(=O)OC1C2CC3C(=O)OC1C3O2.CCC(C)(C)C(=O)OCC(=O)OC1C2CC3C1OS(=O)(=O)C3C2. The molecule has 22 aliphatic rings. The van der Waals surface area contributed by atoms with Crippen molar-refractivity contribution in [3.8, 4) is 0 Å². The van der Waals surface area contributed by atoms with Crippen LogP contribution in [0.1, 0.15) is 354 Å².